The molecule has 278 valence electrons. The van der Waals surface area contributed by atoms with Crippen LogP contribution in [0.4, 0.5) is 0 Å². The Hall–Kier alpha value is -2.69. The highest BCUT2D eigenvalue weighted by Crippen LogP contribution is 2.10. The summed E-state index contributed by atoms with van der Waals surface area (Å²) in [6.45, 7) is 5.08. The van der Waals surface area contributed by atoms with E-state index in [1.807, 2.05) is 0 Å². The molecule has 0 aliphatic heterocycles. The summed E-state index contributed by atoms with van der Waals surface area (Å²) in [4.78, 5) is 12.1. The molecular weight excluding hydrogens is 604 g/mol. The summed E-state index contributed by atoms with van der Waals surface area (Å²) in [5, 5.41) is 9.57. The standard InChI is InChI=1S/C45H74O4/c1-3-5-7-9-11-13-15-17-18-19-20-21-22-23-24-25-26-27-29-31-33-35-37-39-41-48-43-44(42-46)49-45(47)40-38-36-34-32-30-28-16-14-12-10-8-6-4-2/h5,7-8,10-11,13-14,16-18,20-21,23-24,26-27,44,46H,3-4,6,9,12,15,19,22,25,28-43H2,1-2H3/b7-5-,10-8-,13-11-,16-14-,18-17-,21-20-,24-23-,27-26-. The molecule has 0 amide bonds. The van der Waals surface area contributed by atoms with Crippen LogP contribution in [0.1, 0.15) is 155 Å². The van der Waals surface area contributed by atoms with Gasteiger partial charge in [0.05, 0.1) is 13.2 Å². The number of aliphatic hydroxyl groups excluding tert-OH is 1. The minimum Gasteiger partial charge on any atom is -0.457 e. The Kier molecular flexibility index (Phi) is 39.2. The zero-order valence-electron chi connectivity index (χ0n) is 31.7. The Morgan fingerprint density at radius 3 is 1.39 bits per heavy atom. The average molecular weight is 679 g/mol. The summed E-state index contributed by atoms with van der Waals surface area (Å²) in [6.07, 6.45) is 58.8. The van der Waals surface area contributed by atoms with E-state index in [-0.39, 0.29) is 19.2 Å². The van der Waals surface area contributed by atoms with Gasteiger partial charge in [0.15, 0.2) is 0 Å². The molecule has 0 aliphatic carbocycles. The molecule has 0 rings (SSSR count). The van der Waals surface area contributed by atoms with E-state index in [1.165, 1.54) is 44.9 Å². The lowest BCUT2D eigenvalue weighted by molar-refractivity contribution is -0.154. The van der Waals surface area contributed by atoms with Gasteiger partial charge in [0.1, 0.15) is 6.10 Å². The number of carbonyl (C=O) groups excluding carboxylic acids is 1. The Balaban J connectivity index is 3.57. The number of hydrogen-bond donors (Lipinski definition) is 1. The number of allylic oxidation sites excluding steroid dienone is 16. The van der Waals surface area contributed by atoms with Gasteiger partial charge in [-0.15, -0.1) is 0 Å². The average Bonchev–Trinajstić information content (AvgIpc) is 3.11. The first kappa shape index (κ1) is 46.3. The van der Waals surface area contributed by atoms with Crippen molar-refractivity contribution in [1.82, 2.24) is 0 Å². The van der Waals surface area contributed by atoms with Crippen LogP contribution in [0.2, 0.25) is 0 Å². The third-order valence-electron chi connectivity index (χ3n) is 7.87. The van der Waals surface area contributed by atoms with Gasteiger partial charge in [0.25, 0.3) is 0 Å². The smallest absolute Gasteiger partial charge is 0.306 e. The second-order valence-electron chi connectivity index (χ2n) is 12.6. The summed E-state index contributed by atoms with van der Waals surface area (Å²) in [5.74, 6) is -0.228. The first-order valence-corrected chi connectivity index (χ1v) is 19.8. The molecule has 0 saturated carbocycles. The van der Waals surface area contributed by atoms with E-state index in [1.54, 1.807) is 0 Å². The van der Waals surface area contributed by atoms with Crippen LogP contribution in [-0.4, -0.2) is 37.0 Å². The van der Waals surface area contributed by atoms with Crippen LogP contribution in [0, 0.1) is 0 Å². The van der Waals surface area contributed by atoms with Crippen molar-refractivity contribution in [3.8, 4) is 0 Å². The minimum absolute atomic E-state index is 0.192. The third kappa shape index (κ3) is 39.6. The maximum atomic E-state index is 12.1. The van der Waals surface area contributed by atoms with E-state index in [9.17, 15) is 9.90 Å². The lowest BCUT2D eigenvalue weighted by Gasteiger charge is -2.15. The number of ether oxygens (including phenoxy) is 2. The topological polar surface area (TPSA) is 55.8 Å². The van der Waals surface area contributed by atoms with E-state index in [0.717, 1.165) is 89.9 Å². The Labute approximate surface area is 302 Å². The van der Waals surface area contributed by atoms with E-state index < -0.39 is 6.10 Å². The Morgan fingerprint density at radius 2 is 0.918 bits per heavy atom. The van der Waals surface area contributed by atoms with Crippen LogP contribution in [0.5, 0.6) is 0 Å². The molecule has 0 aromatic carbocycles. The molecule has 0 spiro atoms. The van der Waals surface area contributed by atoms with Gasteiger partial charge >= 0.3 is 5.97 Å². The fourth-order valence-corrected chi connectivity index (χ4v) is 4.96. The zero-order valence-corrected chi connectivity index (χ0v) is 31.7. The van der Waals surface area contributed by atoms with Crippen molar-refractivity contribution in [3.05, 3.63) is 97.2 Å². The third-order valence-corrected chi connectivity index (χ3v) is 7.87. The van der Waals surface area contributed by atoms with Crippen LogP contribution in [-0.2, 0) is 14.3 Å². The quantitative estimate of drug-likeness (QED) is 0.0412. The monoisotopic (exact) mass is 679 g/mol. The molecule has 0 aromatic heterocycles. The molecule has 0 bridgehead atoms. The van der Waals surface area contributed by atoms with Gasteiger partial charge in [0.2, 0.25) is 0 Å². The van der Waals surface area contributed by atoms with Crippen molar-refractivity contribution < 1.29 is 19.4 Å². The van der Waals surface area contributed by atoms with Crippen LogP contribution < -0.4 is 0 Å². The summed E-state index contributed by atoms with van der Waals surface area (Å²) in [5.41, 5.74) is 0. The molecule has 4 heteroatoms. The number of carbonyl (C=O) groups is 1. The van der Waals surface area contributed by atoms with Crippen LogP contribution >= 0.6 is 0 Å². The molecule has 0 aliphatic rings. The van der Waals surface area contributed by atoms with Crippen molar-refractivity contribution in [2.45, 2.75) is 161 Å². The number of unbranched alkanes of at least 4 members (excludes halogenated alkanes) is 11. The molecule has 1 unspecified atom stereocenters. The summed E-state index contributed by atoms with van der Waals surface area (Å²) >= 11 is 0. The van der Waals surface area contributed by atoms with Crippen molar-refractivity contribution >= 4 is 5.97 Å². The summed E-state index contributed by atoms with van der Waals surface area (Å²) in [7, 11) is 0. The fourth-order valence-electron chi connectivity index (χ4n) is 4.96. The normalized spacial score (nSPS) is 13.4. The lowest BCUT2D eigenvalue weighted by atomic mass is 10.1. The molecule has 1 atom stereocenters. The summed E-state index contributed by atoms with van der Waals surface area (Å²) < 4.78 is 11.1. The Bertz CT molecular complexity index is 934. The Morgan fingerprint density at radius 1 is 0.510 bits per heavy atom. The van der Waals surface area contributed by atoms with Gasteiger partial charge in [-0.2, -0.15) is 0 Å². The van der Waals surface area contributed by atoms with Crippen molar-refractivity contribution in [3.63, 3.8) is 0 Å². The largest absolute Gasteiger partial charge is 0.457 e. The molecule has 0 heterocycles. The molecular formula is C45H74O4. The van der Waals surface area contributed by atoms with Gasteiger partial charge in [0, 0.05) is 13.0 Å². The SMILES string of the molecule is CC/C=C\C/C=C\C/C=C\C/C=C\C/C=C\C/C=C\CCCCCCCOCC(CO)OC(=O)CCCCCCC/C=C\C/C=C\CCC. The van der Waals surface area contributed by atoms with Gasteiger partial charge in [-0.05, 0) is 89.9 Å². The van der Waals surface area contributed by atoms with E-state index in [2.05, 4.69) is 111 Å². The summed E-state index contributed by atoms with van der Waals surface area (Å²) in [6, 6.07) is 0. The molecule has 0 aromatic rings. The molecule has 0 radical (unpaired) electrons. The highest BCUT2D eigenvalue weighted by molar-refractivity contribution is 5.69. The van der Waals surface area contributed by atoms with Gasteiger partial charge < -0.3 is 14.6 Å². The van der Waals surface area contributed by atoms with E-state index in [0.29, 0.717) is 13.0 Å². The van der Waals surface area contributed by atoms with E-state index in [4.69, 9.17) is 9.47 Å². The lowest BCUT2D eigenvalue weighted by Crippen LogP contribution is -2.27. The maximum Gasteiger partial charge on any atom is 0.306 e. The predicted molar refractivity (Wildman–Crippen MR) is 214 cm³/mol. The number of rotatable bonds is 35. The van der Waals surface area contributed by atoms with Gasteiger partial charge in [-0.3, -0.25) is 4.79 Å². The minimum atomic E-state index is -0.558. The van der Waals surface area contributed by atoms with Crippen LogP contribution in [0.25, 0.3) is 0 Å². The number of aliphatic hydroxyl groups is 1. The highest BCUT2D eigenvalue weighted by atomic mass is 16.6. The fraction of sp³-hybridized carbons (Fsp3) is 0.622. The highest BCUT2D eigenvalue weighted by Gasteiger charge is 2.13. The van der Waals surface area contributed by atoms with Crippen molar-refractivity contribution in [2.75, 3.05) is 19.8 Å². The maximum absolute atomic E-state index is 12.1. The van der Waals surface area contributed by atoms with Crippen LogP contribution in [0.15, 0.2) is 97.2 Å². The number of hydrogen-bond acceptors (Lipinski definition) is 4. The molecule has 4 nitrogen and oxygen atoms in total. The van der Waals surface area contributed by atoms with Gasteiger partial charge in [-0.25, -0.2) is 0 Å². The number of esters is 1. The second kappa shape index (κ2) is 41.5. The predicted octanol–water partition coefficient (Wildman–Crippen LogP) is 13.0. The van der Waals surface area contributed by atoms with Crippen molar-refractivity contribution in [2.24, 2.45) is 0 Å². The first-order valence-electron chi connectivity index (χ1n) is 19.8. The van der Waals surface area contributed by atoms with Gasteiger partial charge in [-0.1, -0.05) is 156 Å². The molecule has 1 N–H and O–H groups in total. The van der Waals surface area contributed by atoms with Crippen LogP contribution in [0.3, 0.4) is 0 Å². The van der Waals surface area contributed by atoms with E-state index >= 15 is 0 Å². The first-order chi connectivity index (χ1) is 24.2. The molecule has 0 saturated heterocycles. The molecule has 0 fully saturated rings. The van der Waals surface area contributed by atoms with Crippen molar-refractivity contribution in [1.29, 1.82) is 0 Å². The second-order valence-corrected chi connectivity index (χ2v) is 12.6. The zero-order chi connectivity index (χ0) is 35.6. The molecule has 49 heavy (non-hydrogen) atoms.